The van der Waals surface area contributed by atoms with Crippen molar-refractivity contribution in [2.75, 3.05) is 0 Å². The molecule has 0 aliphatic heterocycles. The van der Waals surface area contributed by atoms with Gasteiger partial charge in [-0.05, 0) is 6.42 Å². The Balaban J connectivity index is 4.61. The fourth-order valence-electron chi connectivity index (χ4n) is 0.656. The summed E-state index contributed by atoms with van der Waals surface area (Å²) in [6.07, 6.45) is -4.54. The molecule has 68 valence electrons. The fourth-order valence-corrected chi connectivity index (χ4v) is 0.656. The molecule has 0 aromatic heterocycles. The van der Waals surface area contributed by atoms with Crippen molar-refractivity contribution in [3.63, 3.8) is 0 Å². The molecule has 0 nitrogen and oxygen atoms in total. The Kier molecular flexibility index (Phi) is 2.85. The van der Waals surface area contributed by atoms with Gasteiger partial charge in [0.1, 0.15) is 0 Å². The summed E-state index contributed by atoms with van der Waals surface area (Å²) in [5, 5.41) is 0. The van der Waals surface area contributed by atoms with Crippen LogP contribution in [-0.4, -0.2) is 18.0 Å². The summed E-state index contributed by atoms with van der Waals surface area (Å²) in [7, 11) is 0. The highest BCUT2D eigenvalue weighted by Gasteiger charge is 2.56. The molecule has 0 saturated heterocycles. The summed E-state index contributed by atoms with van der Waals surface area (Å²) in [5.41, 5.74) is -3.69. The SMILES string of the molecule is CCC(F)(C(F)F)C(C)(F)F. The maximum atomic E-state index is 12.7. The summed E-state index contributed by atoms with van der Waals surface area (Å²) in [5.74, 6) is -3.99. The van der Waals surface area contributed by atoms with E-state index < -0.39 is 24.4 Å². The van der Waals surface area contributed by atoms with Gasteiger partial charge in [-0.2, -0.15) is 0 Å². The monoisotopic (exact) mass is 176 g/mol. The Bertz CT molecular complexity index is 127. The topological polar surface area (TPSA) is 0 Å². The molecule has 0 aromatic carbocycles. The van der Waals surface area contributed by atoms with Crippen LogP contribution in [-0.2, 0) is 0 Å². The molecule has 1 atom stereocenters. The number of hydrogen-bond donors (Lipinski definition) is 0. The van der Waals surface area contributed by atoms with Crippen molar-refractivity contribution >= 4 is 0 Å². The van der Waals surface area contributed by atoms with Gasteiger partial charge in [-0.25, -0.2) is 22.0 Å². The first-order chi connectivity index (χ1) is 4.75. The third kappa shape index (κ3) is 1.81. The lowest BCUT2D eigenvalue weighted by molar-refractivity contribution is -0.188. The van der Waals surface area contributed by atoms with E-state index in [0.29, 0.717) is 0 Å². The maximum Gasteiger partial charge on any atom is 0.284 e. The first-order valence-electron chi connectivity index (χ1n) is 3.10. The lowest BCUT2D eigenvalue weighted by Gasteiger charge is -2.28. The van der Waals surface area contributed by atoms with Crippen molar-refractivity contribution in [3.8, 4) is 0 Å². The van der Waals surface area contributed by atoms with Crippen molar-refractivity contribution in [2.45, 2.75) is 38.3 Å². The molecule has 0 spiro atoms. The minimum Gasteiger partial charge on any atom is -0.231 e. The van der Waals surface area contributed by atoms with Gasteiger partial charge in [-0.1, -0.05) is 6.92 Å². The van der Waals surface area contributed by atoms with Crippen molar-refractivity contribution < 1.29 is 22.0 Å². The number of halogens is 5. The predicted octanol–water partition coefficient (Wildman–Crippen LogP) is 3.03. The summed E-state index contributed by atoms with van der Waals surface area (Å²) in [4.78, 5) is 0. The van der Waals surface area contributed by atoms with Gasteiger partial charge >= 0.3 is 0 Å². The zero-order chi connectivity index (χ0) is 9.28. The molecule has 1 unspecified atom stereocenters. The zero-order valence-corrected chi connectivity index (χ0v) is 6.17. The highest BCUT2D eigenvalue weighted by molar-refractivity contribution is 4.91. The molecule has 0 N–H and O–H groups in total. The number of rotatable bonds is 3. The summed E-state index contributed by atoms with van der Waals surface area (Å²) in [6.45, 7) is 1.12. The molecule has 0 radical (unpaired) electrons. The summed E-state index contributed by atoms with van der Waals surface area (Å²) in [6, 6.07) is 0. The molecule has 0 fully saturated rings. The van der Waals surface area contributed by atoms with Crippen LogP contribution in [0, 0.1) is 0 Å². The molecule has 0 aliphatic rings. The lowest BCUT2D eigenvalue weighted by Crippen LogP contribution is -2.47. The van der Waals surface area contributed by atoms with Gasteiger partial charge in [0.15, 0.2) is 0 Å². The Morgan fingerprint density at radius 3 is 1.55 bits per heavy atom. The third-order valence-electron chi connectivity index (χ3n) is 1.59. The minimum absolute atomic E-state index is 0.155. The Morgan fingerprint density at radius 2 is 1.55 bits per heavy atom. The Labute approximate surface area is 61.4 Å². The van der Waals surface area contributed by atoms with E-state index in [4.69, 9.17) is 0 Å². The molecule has 0 heterocycles. The van der Waals surface area contributed by atoms with E-state index in [9.17, 15) is 22.0 Å². The van der Waals surface area contributed by atoms with Crippen LogP contribution in [0.15, 0.2) is 0 Å². The normalized spacial score (nSPS) is 18.5. The second-order valence-corrected chi connectivity index (χ2v) is 2.41. The molecule has 0 amide bonds. The molecule has 0 aromatic rings. The van der Waals surface area contributed by atoms with Crippen LogP contribution in [0.25, 0.3) is 0 Å². The van der Waals surface area contributed by atoms with E-state index in [1.165, 1.54) is 0 Å². The first-order valence-corrected chi connectivity index (χ1v) is 3.10. The molecule has 11 heavy (non-hydrogen) atoms. The van der Waals surface area contributed by atoms with Crippen LogP contribution in [0.1, 0.15) is 20.3 Å². The van der Waals surface area contributed by atoms with Gasteiger partial charge in [0.05, 0.1) is 0 Å². The average molecular weight is 176 g/mol. The van der Waals surface area contributed by atoms with Gasteiger partial charge in [-0.15, -0.1) is 0 Å². The van der Waals surface area contributed by atoms with Gasteiger partial charge in [-0.3, -0.25) is 0 Å². The second kappa shape index (κ2) is 2.95. The summed E-state index contributed by atoms with van der Waals surface area (Å²) >= 11 is 0. The summed E-state index contributed by atoms with van der Waals surface area (Å²) < 4.78 is 60.4. The second-order valence-electron chi connectivity index (χ2n) is 2.41. The standard InChI is InChI=1S/C6H9F5/c1-3-6(11,4(7)8)5(2,9)10/h4H,3H2,1-2H3. The quantitative estimate of drug-likeness (QED) is 0.580. The lowest BCUT2D eigenvalue weighted by atomic mass is 9.96. The zero-order valence-electron chi connectivity index (χ0n) is 6.17. The van der Waals surface area contributed by atoms with Gasteiger partial charge in [0.25, 0.3) is 12.3 Å². The molecule has 5 heteroatoms. The van der Waals surface area contributed by atoms with Gasteiger partial charge in [0.2, 0.25) is 5.67 Å². The van der Waals surface area contributed by atoms with E-state index >= 15 is 0 Å². The molecular formula is C6H9F5. The van der Waals surface area contributed by atoms with Gasteiger partial charge < -0.3 is 0 Å². The number of hydrogen-bond acceptors (Lipinski definition) is 0. The van der Waals surface area contributed by atoms with Crippen LogP contribution in [0.4, 0.5) is 22.0 Å². The van der Waals surface area contributed by atoms with E-state index in [1.54, 1.807) is 0 Å². The van der Waals surface area contributed by atoms with Crippen molar-refractivity contribution in [1.82, 2.24) is 0 Å². The van der Waals surface area contributed by atoms with E-state index in [2.05, 4.69) is 0 Å². The average Bonchev–Trinajstić information content (AvgIpc) is 1.83. The molecule has 0 saturated carbocycles. The van der Waals surface area contributed by atoms with Crippen LogP contribution in [0.3, 0.4) is 0 Å². The maximum absolute atomic E-state index is 12.7. The van der Waals surface area contributed by atoms with E-state index in [0.717, 1.165) is 6.92 Å². The predicted molar refractivity (Wildman–Crippen MR) is 30.8 cm³/mol. The van der Waals surface area contributed by atoms with Gasteiger partial charge in [0, 0.05) is 6.92 Å². The molecule has 0 aliphatic carbocycles. The molecule has 0 bridgehead atoms. The van der Waals surface area contributed by atoms with Crippen LogP contribution >= 0.6 is 0 Å². The largest absolute Gasteiger partial charge is 0.284 e. The Morgan fingerprint density at radius 1 is 1.18 bits per heavy atom. The van der Waals surface area contributed by atoms with Crippen molar-refractivity contribution in [3.05, 3.63) is 0 Å². The Hall–Kier alpha value is -0.350. The van der Waals surface area contributed by atoms with Crippen molar-refractivity contribution in [2.24, 2.45) is 0 Å². The highest BCUT2D eigenvalue weighted by atomic mass is 19.3. The molecular weight excluding hydrogens is 167 g/mol. The van der Waals surface area contributed by atoms with Crippen molar-refractivity contribution in [1.29, 1.82) is 0 Å². The van der Waals surface area contributed by atoms with E-state index in [1.807, 2.05) is 0 Å². The first kappa shape index (κ1) is 10.7. The van der Waals surface area contributed by atoms with Crippen LogP contribution < -0.4 is 0 Å². The fraction of sp³-hybridized carbons (Fsp3) is 1.00. The van der Waals surface area contributed by atoms with E-state index in [-0.39, 0.29) is 6.92 Å². The van der Waals surface area contributed by atoms with Crippen LogP contribution in [0.2, 0.25) is 0 Å². The van der Waals surface area contributed by atoms with Crippen LogP contribution in [0.5, 0.6) is 0 Å². The minimum atomic E-state index is -3.99. The third-order valence-corrected chi connectivity index (χ3v) is 1.59. The smallest absolute Gasteiger partial charge is 0.231 e. The number of alkyl halides is 5. The molecule has 0 rings (SSSR count). The highest BCUT2D eigenvalue weighted by Crippen LogP contribution is 2.39.